The van der Waals surface area contributed by atoms with Crippen LogP contribution in [-0.2, 0) is 16.1 Å². The first-order chi connectivity index (χ1) is 8.49. The Balaban J connectivity index is 2.07. The molecular formula is C12H16N2O3S. The van der Waals surface area contributed by atoms with Crippen LogP contribution >= 0.6 is 11.3 Å². The fourth-order valence-electron chi connectivity index (χ4n) is 2.01. The zero-order valence-electron chi connectivity index (χ0n) is 10.6. The summed E-state index contributed by atoms with van der Waals surface area (Å²) in [6.45, 7) is 4.77. The summed E-state index contributed by atoms with van der Waals surface area (Å²) in [4.78, 5) is 37.4. The average Bonchev–Trinajstić information content (AvgIpc) is 2.57. The first kappa shape index (κ1) is 13.0. The topological polar surface area (TPSA) is 59.4 Å². The van der Waals surface area contributed by atoms with Crippen molar-refractivity contribution < 1.29 is 9.59 Å². The Labute approximate surface area is 109 Å². The molecule has 1 aliphatic rings. The molecule has 1 amide bonds. The van der Waals surface area contributed by atoms with Crippen LogP contribution in [0.3, 0.4) is 0 Å². The summed E-state index contributed by atoms with van der Waals surface area (Å²) >= 11 is 1.17. The summed E-state index contributed by atoms with van der Waals surface area (Å²) in [7, 11) is 0. The molecule has 18 heavy (non-hydrogen) atoms. The molecule has 0 bridgehead atoms. The number of rotatable bonds is 2. The van der Waals surface area contributed by atoms with Gasteiger partial charge in [0.2, 0.25) is 5.91 Å². The molecule has 0 N–H and O–H groups in total. The predicted octanol–water partition coefficient (Wildman–Crippen LogP) is 0.718. The third-order valence-electron chi connectivity index (χ3n) is 3.34. The number of likely N-dealkylation sites (tertiary alicyclic amines) is 1. The largest absolute Gasteiger partial charge is 0.340 e. The standard InChI is InChI=1S/C12H16N2O3S/c1-8-9(2)18-12(17)14(8)7-11(16)13-5-3-10(15)4-6-13/h3-7H2,1-2H3. The van der Waals surface area contributed by atoms with Crippen molar-refractivity contribution in [2.75, 3.05) is 13.1 Å². The van der Waals surface area contributed by atoms with Crippen LogP contribution < -0.4 is 4.87 Å². The summed E-state index contributed by atoms with van der Waals surface area (Å²) in [6, 6.07) is 0. The fourth-order valence-corrected chi connectivity index (χ4v) is 2.84. The van der Waals surface area contributed by atoms with E-state index in [0.29, 0.717) is 25.9 Å². The molecule has 2 rings (SSSR count). The molecule has 0 aromatic carbocycles. The molecule has 2 heterocycles. The number of hydrogen-bond acceptors (Lipinski definition) is 4. The van der Waals surface area contributed by atoms with Crippen LogP contribution in [0.15, 0.2) is 4.79 Å². The van der Waals surface area contributed by atoms with Gasteiger partial charge in [0.1, 0.15) is 12.3 Å². The second-order valence-electron chi connectivity index (χ2n) is 4.52. The van der Waals surface area contributed by atoms with E-state index in [1.807, 2.05) is 13.8 Å². The average molecular weight is 268 g/mol. The number of aromatic nitrogens is 1. The Morgan fingerprint density at radius 1 is 1.22 bits per heavy atom. The van der Waals surface area contributed by atoms with Gasteiger partial charge in [-0.3, -0.25) is 19.0 Å². The lowest BCUT2D eigenvalue weighted by Gasteiger charge is -2.26. The first-order valence-corrected chi connectivity index (χ1v) is 6.77. The molecule has 6 heteroatoms. The van der Waals surface area contributed by atoms with E-state index in [0.717, 1.165) is 10.6 Å². The maximum absolute atomic E-state index is 12.0. The zero-order chi connectivity index (χ0) is 13.3. The van der Waals surface area contributed by atoms with Crippen molar-refractivity contribution in [3.05, 3.63) is 20.2 Å². The van der Waals surface area contributed by atoms with E-state index >= 15 is 0 Å². The highest BCUT2D eigenvalue weighted by molar-refractivity contribution is 7.09. The van der Waals surface area contributed by atoms with Crippen LogP contribution in [0.2, 0.25) is 0 Å². The molecule has 1 aliphatic heterocycles. The first-order valence-electron chi connectivity index (χ1n) is 5.95. The summed E-state index contributed by atoms with van der Waals surface area (Å²) in [6.07, 6.45) is 0.866. The van der Waals surface area contributed by atoms with Crippen LogP contribution in [0.4, 0.5) is 0 Å². The van der Waals surface area contributed by atoms with Gasteiger partial charge in [-0.1, -0.05) is 11.3 Å². The smallest absolute Gasteiger partial charge is 0.308 e. The van der Waals surface area contributed by atoms with E-state index in [9.17, 15) is 14.4 Å². The molecule has 0 unspecified atom stereocenters. The van der Waals surface area contributed by atoms with Crippen LogP contribution in [0.5, 0.6) is 0 Å². The third-order valence-corrected chi connectivity index (χ3v) is 4.34. The molecule has 1 aromatic heterocycles. The van der Waals surface area contributed by atoms with Crippen LogP contribution in [0.1, 0.15) is 23.4 Å². The van der Waals surface area contributed by atoms with E-state index in [-0.39, 0.29) is 23.1 Å². The number of nitrogens with zero attached hydrogens (tertiary/aromatic N) is 2. The lowest BCUT2D eigenvalue weighted by atomic mass is 10.1. The van der Waals surface area contributed by atoms with Crippen molar-refractivity contribution in [2.45, 2.75) is 33.2 Å². The number of carbonyl (C=O) groups excluding carboxylic acids is 2. The van der Waals surface area contributed by atoms with E-state index in [2.05, 4.69) is 0 Å². The zero-order valence-corrected chi connectivity index (χ0v) is 11.4. The lowest BCUT2D eigenvalue weighted by molar-refractivity contribution is -0.135. The maximum Gasteiger partial charge on any atom is 0.308 e. The van der Waals surface area contributed by atoms with Crippen molar-refractivity contribution in [1.82, 2.24) is 9.47 Å². The van der Waals surface area contributed by atoms with E-state index in [1.165, 1.54) is 15.9 Å². The van der Waals surface area contributed by atoms with Gasteiger partial charge in [-0.25, -0.2) is 0 Å². The predicted molar refractivity (Wildman–Crippen MR) is 68.9 cm³/mol. The highest BCUT2D eigenvalue weighted by atomic mass is 32.1. The molecule has 0 saturated carbocycles. The van der Waals surface area contributed by atoms with Crippen molar-refractivity contribution in [3.8, 4) is 0 Å². The highest BCUT2D eigenvalue weighted by Crippen LogP contribution is 2.11. The Kier molecular flexibility index (Phi) is 3.65. The molecule has 98 valence electrons. The van der Waals surface area contributed by atoms with Gasteiger partial charge in [-0.05, 0) is 13.8 Å². The Hall–Kier alpha value is -1.43. The summed E-state index contributed by atoms with van der Waals surface area (Å²) < 4.78 is 1.51. The molecule has 5 nitrogen and oxygen atoms in total. The number of ketones is 1. The molecule has 0 atom stereocenters. The molecule has 1 fully saturated rings. The number of aryl methyl sites for hydroxylation is 1. The number of thiazole rings is 1. The van der Waals surface area contributed by atoms with E-state index in [1.54, 1.807) is 4.90 Å². The third kappa shape index (κ3) is 2.53. The van der Waals surface area contributed by atoms with E-state index in [4.69, 9.17) is 0 Å². The molecular weight excluding hydrogens is 252 g/mol. The minimum Gasteiger partial charge on any atom is -0.340 e. The van der Waals surface area contributed by atoms with Gasteiger partial charge in [-0.2, -0.15) is 0 Å². The Morgan fingerprint density at radius 2 is 1.83 bits per heavy atom. The SMILES string of the molecule is Cc1sc(=O)n(CC(=O)N2CCC(=O)CC2)c1C. The van der Waals surface area contributed by atoms with Gasteiger partial charge < -0.3 is 4.90 Å². The number of carbonyl (C=O) groups is 2. The number of Topliss-reactive ketones (excluding diaryl/α,β-unsaturated/α-hetero) is 1. The van der Waals surface area contributed by atoms with Crippen molar-refractivity contribution in [2.24, 2.45) is 0 Å². The van der Waals surface area contributed by atoms with Gasteiger partial charge in [0.25, 0.3) is 0 Å². The Morgan fingerprint density at radius 3 is 2.33 bits per heavy atom. The van der Waals surface area contributed by atoms with Gasteiger partial charge in [0.05, 0.1) is 0 Å². The second kappa shape index (κ2) is 5.06. The molecule has 0 radical (unpaired) electrons. The van der Waals surface area contributed by atoms with Crippen molar-refractivity contribution in [3.63, 3.8) is 0 Å². The monoisotopic (exact) mass is 268 g/mol. The van der Waals surface area contributed by atoms with Crippen LogP contribution in [0, 0.1) is 13.8 Å². The summed E-state index contributed by atoms with van der Waals surface area (Å²) in [5.41, 5.74) is 0.853. The fraction of sp³-hybridized carbons (Fsp3) is 0.583. The minimum atomic E-state index is -0.0913. The quantitative estimate of drug-likeness (QED) is 0.794. The minimum absolute atomic E-state index is 0.0782. The molecule has 0 aliphatic carbocycles. The highest BCUT2D eigenvalue weighted by Gasteiger charge is 2.22. The van der Waals surface area contributed by atoms with Crippen LogP contribution in [0.25, 0.3) is 0 Å². The van der Waals surface area contributed by atoms with Gasteiger partial charge in [0, 0.05) is 36.5 Å². The molecule has 1 aromatic rings. The molecule has 0 spiro atoms. The van der Waals surface area contributed by atoms with Crippen molar-refractivity contribution in [1.29, 1.82) is 0 Å². The maximum atomic E-state index is 12.0. The summed E-state index contributed by atoms with van der Waals surface area (Å²) in [5, 5.41) is 0. The van der Waals surface area contributed by atoms with Gasteiger partial charge in [0.15, 0.2) is 0 Å². The summed E-state index contributed by atoms with van der Waals surface area (Å²) in [5.74, 6) is 0.129. The second-order valence-corrected chi connectivity index (χ2v) is 5.68. The Bertz CT molecular complexity index is 534. The number of hydrogen-bond donors (Lipinski definition) is 0. The van der Waals surface area contributed by atoms with Gasteiger partial charge in [-0.15, -0.1) is 0 Å². The normalized spacial score (nSPS) is 16.1. The van der Waals surface area contributed by atoms with Gasteiger partial charge >= 0.3 is 4.87 Å². The molecule has 1 saturated heterocycles. The van der Waals surface area contributed by atoms with Crippen molar-refractivity contribution >= 4 is 23.0 Å². The lowest BCUT2D eigenvalue weighted by Crippen LogP contribution is -2.41. The van der Waals surface area contributed by atoms with E-state index < -0.39 is 0 Å². The van der Waals surface area contributed by atoms with Crippen LogP contribution in [-0.4, -0.2) is 34.2 Å². The number of amides is 1. The number of piperidine rings is 1.